The molecule has 0 aliphatic carbocycles. The van der Waals surface area contributed by atoms with Crippen molar-refractivity contribution in [2.45, 2.75) is 26.3 Å². The van der Waals surface area contributed by atoms with Gasteiger partial charge in [0.2, 0.25) is 0 Å². The lowest BCUT2D eigenvalue weighted by molar-refractivity contribution is 0.280. The van der Waals surface area contributed by atoms with Gasteiger partial charge in [0.05, 0.1) is 13.2 Å². The molecule has 1 aromatic rings. The maximum absolute atomic E-state index is 14.0. The lowest BCUT2D eigenvalue weighted by atomic mass is 10.0. The normalized spacial score (nSPS) is 12.7. The van der Waals surface area contributed by atoms with Crippen molar-refractivity contribution in [2.75, 3.05) is 26.7 Å². The van der Waals surface area contributed by atoms with Crippen LogP contribution in [0.4, 0.5) is 4.39 Å². The lowest BCUT2D eigenvalue weighted by Crippen LogP contribution is -2.33. The molecule has 3 N–H and O–H groups in total. The second-order valence-corrected chi connectivity index (χ2v) is 4.42. The number of methoxy groups -OCH3 is 1. The molecule has 0 amide bonds. The minimum atomic E-state index is -0.290. The van der Waals surface area contributed by atoms with Crippen molar-refractivity contribution >= 4 is 0 Å². The van der Waals surface area contributed by atoms with Crippen molar-refractivity contribution in [3.05, 3.63) is 29.6 Å². The molecule has 4 nitrogen and oxygen atoms in total. The molecule has 1 atom stereocenters. The van der Waals surface area contributed by atoms with Gasteiger partial charge >= 0.3 is 0 Å². The third-order valence-electron chi connectivity index (χ3n) is 3.41. The number of halogens is 1. The molecule has 0 saturated carbocycles. The number of nitrogens with one attached hydrogen (secondary N) is 1. The molecule has 0 fully saturated rings. The van der Waals surface area contributed by atoms with Crippen LogP contribution in [-0.4, -0.2) is 31.6 Å². The first kappa shape index (κ1) is 15.9. The zero-order chi connectivity index (χ0) is 14.3. The van der Waals surface area contributed by atoms with E-state index in [1.54, 1.807) is 12.1 Å². The van der Waals surface area contributed by atoms with Crippen LogP contribution < -0.4 is 16.0 Å². The summed E-state index contributed by atoms with van der Waals surface area (Å²) in [5.74, 6) is 5.77. The summed E-state index contributed by atoms with van der Waals surface area (Å²) in [5, 5.41) is 0. The Hall–Kier alpha value is -1.17. The molecule has 0 heterocycles. The Morgan fingerprint density at radius 1 is 1.37 bits per heavy atom. The second kappa shape index (κ2) is 8.09. The van der Waals surface area contributed by atoms with Gasteiger partial charge in [-0.05, 0) is 32.1 Å². The van der Waals surface area contributed by atoms with Gasteiger partial charge in [-0.25, -0.2) is 4.39 Å². The topological polar surface area (TPSA) is 50.5 Å². The van der Waals surface area contributed by atoms with Crippen LogP contribution in [0, 0.1) is 5.82 Å². The molecule has 0 saturated heterocycles. The van der Waals surface area contributed by atoms with E-state index in [1.165, 1.54) is 13.2 Å². The van der Waals surface area contributed by atoms with E-state index < -0.39 is 0 Å². The van der Waals surface area contributed by atoms with Gasteiger partial charge in [0.25, 0.3) is 0 Å². The summed E-state index contributed by atoms with van der Waals surface area (Å²) in [6.07, 6.45) is 0.765. The molecule has 0 bridgehead atoms. The van der Waals surface area contributed by atoms with Crippen molar-refractivity contribution in [2.24, 2.45) is 5.84 Å². The van der Waals surface area contributed by atoms with E-state index >= 15 is 0 Å². The molecule has 1 rings (SSSR count). The molecule has 0 spiro atoms. The van der Waals surface area contributed by atoms with Crippen LogP contribution in [0.25, 0.3) is 0 Å². The predicted molar refractivity (Wildman–Crippen MR) is 75.4 cm³/mol. The quantitative estimate of drug-likeness (QED) is 0.560. The molecule has 19 heavy (non-hydrogen) atoms. The average molecular weight is 269 g/mol. The van der Waals surface area contributed by atoms with Crippen molar-refractivity contribution in [1.82, 2.24) is 10.3 Å². The number of nitrogens with two attached hydrogens (primary N) is 1. The zero-order valence-electron chi connectivity index (χ0n) is 11.9. The Bertz CT molecular complexity index is 383. The van der Waals surface area contributed by atoms with Crippen molar-refractivity contribution in [3.63, 3.8) is 0 Å². The highest BCUT2D eigenvalue weighted by Gasteiger charge is 2.15. The smallest absolute Gasteiger partial charge is 0.131 e. The Kier molecular flexibility index (Phi) is 6.77. The second-order valence-electron chi connectivity index (χ2n) is 4.42. The van der Waals surface area contributed by atoms with Crippen LogP contribution in [0.3, 0.4) is 0 Å². The first-order chi connectivity index (χ1) is 9.15. The largest absolute Gasteiger partial charge is 0.497 e. The summed E-state index contributed by atoms with van der Waals surface area (Å²) in [4.78, 5) is 2.28. The third kappa shape index (κ3) is 4.45. The van der Waals surface area contributed by atoms with E-state index in [1.807, 2.05) is 0 Å². The number of hydrogen-bond acceptors (Lipinski definition) is 4. The number of nitrogens with zero attached hydrogens (tertiary/aromatic N) is 1. The van der Waals surface area contributed by atoms with Crippen molar-refractivity contribution in [1.29, 1.82) is 0 Å². The molecular formula is C14H24FN3O. The fourth-order valence-electron chi connectivity index (χ4n) is 2.10. The summed E-state index contributed by atoms with van der Waals surface area (Å²) in [7, 11) is 1.52. The summed E-state index contributed by atoms with van der Waals surface area (Å²) in [6, 6.07) is 4.67. The monoisotopic (exact) mass is 269 g/mol. The summed E-state index contributed by atoms with van der Waals surface area (Å²) < 4.78 is 19.0. The Labute approximate surface area is 114 Å². The number of hydrazine groups is 1. The molecule has 0 aliphatic heterocycles. The minimum absolute atomic E-state index is 0.188. The van der Waals surface area contributed by atoms with E-state index in [4.69, 9.17) is 10.6 Å². The van der Waals surface area contributed by atoms with E-state index in [0.717, 1.165) is 26.1 Å². The van der Waals surface area contributed by atoms with Gasteiger partial charge in [-0.3, -0.25) is 11.3 Å². The van der Waals surface area contributed by atoms with Gasteiger partial charge in [-0.2, -0.15) is 0 Å². The van der Waals surface area contributed by atoms with Crippen LogP contribution >= 0.6 is 0 Å². The third-order valence-corrected chi connectivity index (χ3v) is 3.41. The fourth-order valence-corrected chi connectivity index (χ4v) is 2.10. The molecule has 108 valence electrons. The summed E-state index contributed by atoms with van der Waals surface area (Å²) >= 11 is 0. The Balaban J connectivity index is 2.74. The highest BCUT2D eigenvalue weighted by molar-refractivity contribution is 5.30. The van der Waals surface area contributed by atoms with E-state index in [2.05, 4.69) is 24.2 Å². The Morgan fingerprint density at radius 3 is 2.53 bits per heavy atom. The SMILES string of the molecule is CCN(CC)CCC(NN)c1ccc(OC)cc1F. The van der Waals surface area contributed by atoms with E-state index in [-0.39, 0.29) is 11.9 Å². The Morgan fingerprint density at radius 2 is 2.05 bits per heavy atom. The highest BCUT2D eigenvalue weighted by Crippen LogP contribution is 2.23. The molecule has 5 heteroatoms. The predicted octanol–water partition coefficient (Wildman–Crippen LogP) is 2.07. The van der Waals surface area contributed by atoms with Crippen molar-refractivity contribution < 1.29 is 9.13 Å². The fraction of sp³-hybridized carbons (Fsp3) is 0.571. The number of hydrogen-bond donors (Lipinski definition) is 2. The molecule has 0 aliphatic rings. The maximum Gasteiger partial charge on any atom is 0.131 e. The first-order valence-electron chi connectivity index (χ1n) is 6.68. The molecule has 1 aromatic carbocycles. The molecule has 1 unspecified atom stereocenters. The molecule has 0 aromatic heterocycles. The molecular weight excluding hydrogens is 245 g/mol. The summed E-state index contributed by atoms with van der Waals surface area (Å²) in [5.41, 5.74) is 3.27. The van der Waals surface area contributed by atoms with Gasteiger partial charge < -0.3 is 9.64 Å². The van der Waals surface area contributed by atoms with E-state index in [9.17, 15) is 4.39 Å². The highest BCUT2D eigenvalue weighted by atomic mass is 19.1. The zero-order valence-corrected chi connectivity index (χ0v) is 11.9. The van der Waals surface area contributed by atoms with Crippen LogP contribution in [0.5, 0.6) is 5.75 Å². The van der Waals surface area contributed by atoms with Gasteiger partial charge in [0, 0.05) is 11.6 Å². The number of ether oxygens (including phenoxy) is 1. The number of benzene rings is 1. The van der Waals surface area contributed by atoms with Crippen LogP contribution in [0.2, 0.25) is 0 Å². The van der Waals surface area contributed by atoms with Gasteiger partial charge in [0.1, 0.15) is 11.6 Å². The van der Waals surface area contributed by atoms with Crippen molar-refractivity contribution in [3.8, 4) is 5.75 Å². The van der Waals surface area contributed by atoms with Crippen LogP contribution in [0.15, 0.2) is 18.2 Å². The standard InChI is InChI=1S/C14H24FN3O/c1-4-18(5-2)9-8-14(17-16)12-7-6-11(19-3)10-13(12)15/h6-7,10,14,17H,4-5,8-9,16H2,1-3H3. The van der Waals surface area contributed by atoms with Gasteiger partial charge in [-0.15, -0.1) is 0 Å². The average Bonchev–Trinajstić information content (AvgIpc) is 2.44. The van der Waals surface area contributed by atoms with Gasteiger partial charge in [0.15, 0.2) is 0 Å². The van der Waals surface area contributed by atoms with Crippen LogP contribution in [-0.2, 0) is 0 Å². The lowest BCUT2D eigenvalue weighted by Gasteiger charge is -2.23. The van der Waals surface area contributed by atoms with E-state index in [0.29, 0.717) is 11.3 Å². The number of rotatable bonds is 8. The van der Waals surface area contributed by atoms with Gasteiger partial charge in [-0.1, -0.05) is 19.9 Å². The summed E-state index contributed by atoms with van der Waals surface area (Å²) in [6.45, 7) is 7.08. The molecule has 0 radical (unpaired) electrons. The maximum atomic E-state index is 14.0. The minimum Gasteiger partial charge on any atom is -0.497 e. The van der Waals surface area contributed by atoms with Crippen LogP contribution in [0.1, 0.15) is 31.9 Å². The first-order valence-corrected chi connectivity index (χ1v) is 6.68.